The molecule has 1 aliphatic carbocycles. The molecule has 0 spiro atoms. The van der Waals surface area contributed by atoms with Crippen LogP contribution in [0, 0.1) is 19.3 Å². The quantitative estimate of drug-likeness (QED) is 0.222. The number of carbonyl (C=O) groups is 1. The maximum Gasteiger partial charge on any atom is 0.264 e. The summed E-state index contributed by atoms with van der Waals surface area (Å²) in [5.74, 6) is 1.15. The maximum absolute atomic E-state index is 14.6. The molecule has 1 saturated carbocycles. The number of ether oxygens (including phenoxy) is 2. The number of aromatic nitrogens is 3. The molecule has 2 aromatic heterocycles. The monoisotopic (exact) mass is 698 g/mol. The molecule has 264 valence electrons. The molecule has 0 radical (unpaired) electrons. The topological polar surface area (TPSA) is 127 Å². The van der Waals surface area contributed by atoms with Gasteiger partial charge in [-0.25, -0.2) is 23.1 Å². The molecular weight excluding hydrogens is 653 g/mol. The zero-order valence-electron chi connectivity index (χ0n) is 29.9. The van der Waals surface area contributed by atoms with Gasteiger partial charge < -0.3 is 19.3 Å². The van der Waals surface area contributed by atoms with Gasteiger partial charge in [0.05, 0.1) is 36.0 Å². The number of nitrogens with one attached hydrogen (secondary N) is 1. The molecule has 11 nitrogen and oxygen atoms in total. The Morgan fingerprint density at radius 2 is 1.72 bits per heavy atom. The number of pyridine rings is 1. The van der Waals surface area contributed by atoms with Crippen molar-refractivity contribution in [3.8, 4) is 22.9 Å². The normalized spacial score (nSPS) is 17.7. The average molecular weight is 699 g/mol. The molecule has 12 heteroatoms. The van der Waals surface area contributed by atoms with Gasteiger partial charge in [0.15, 0.2) is 0 Å². The van der Waals surface area contributed by atoms with Crippen molar-refractivity contribution in [2.75, 3.05) is 30.4 Å². The molecule has 1 aliphatic heterocycles. The fourth-order valence-electron chi connectivity index (χ4n) is 6.61. The number of sulfonamides is 1. The lowest BCUT2D eigenvalue weighted by molar-refractivity contribution is 0.0509. The Labute approximate surface area is 295 Å². The SMILES string of the molecule is COc1cc(CN2C(=O)c3cccc(c3)S(=O)(=O)Nc3nc(cc(-c4c(C)cccc4C)n3)OC[C@H]2CC(C)(C)C)nc(N(C)C2CCC2)c1. The molecule has 1 atom stereocenters. The second-order valence-corrected chi connectivity index (χ2v) is 16.2. The van der Waals surface area contributed by atoms with Crippen molar-refractivity contribution >= 4 is 27.7 Å². The van der Waals surface area contributed by atoms with Crippen LogP contribution >= 0.6 is 0 Å². The molecule has 3 heterocycles. The van der Waals surface area contributed by atoms with Crippen LogP contribution in [0.15, 0.2) is 65.6 Å². The Morgan fingerprint density at radius 1 is 1.00 bits per heavy atom. The van der Waals surface area contributed by atoms with Gasteiger partial charge in [0.1, 0.15) is 18.2 Å². The third-order valence-electron chi connectivity index (χ3n) is 9.42. The highest BCUT2D eigenvalue weighted by Crippen LogP contribution is 2.33. The molecule has 2 aromatic carbocycles. The molecule has 6 rings (SSSR count). The van der Waals surface area contributed by atoms with Gasteiger partial charge in [0, 0.05) is 42.4 Å². The third kappa shape index (κ3) is 7.70. The number of methoxy groups -OCH3 is 1. The summed E-state index contributed by atoms with van der Waals surface area (Å²) in [6.07, 6.45) is 3.97. The summed E-state index contributed by atoms with van der Waals surface area (Å²) in [5.41, 5.74) is 4.01. The number of hydrogen-bond donors (Lipinski definition) is 1. The zero-order chi connectivity index (χ0) is 35.8. The van der Waals surface area contributed by atoms with Crippen molar-refractivity contribution in [2.45, 2.75) is 83.8 Å². The lowest BCUT2D eigenvalue weighted by Crippen LogP contribution is -2.45. The second kappa shape index (κ2) is 13.9. The predicted octanol–water partition coefficient (Wildman–Crippen LogP) is 6.79. The Bertz CT molecular complexity index is 1990. The molecule has 0 saturated heterocycles. The number of nitrogens with zero attached hydrogens (tertiary/aromatic N) is 5. The highest BCUT2D eigenvalue weighted by Gasteiger charge is 2.32. The lowest BCUT2D eigenvalue weighted by Gasteiger charge is -2.37. The van der Waals surface area contributed by atoms with Crippen LogP contribution in [0.1, 0.15) is 73.6 Å². The first-order valence-electron chi connectivity index (χ1n) is 17.0. The van der Waals surface area contributed by atoms with Gasteiger partial charge in [-0.2, -0.15) is 4.98 Å². The highest BCUT2D eigenvalue weighted by molar-refractivity contribution is 7.92. The van der Waals surface area contributed by atoms with Gasteiger partial charge >= 0.3 is 0 Å². The van der Waals surface area contributed by atoms with Crippen LogP contribution in [-0.2, 0) is 16.6 Å². The summed E-state index contributed by atoms with van der Waals surface area (Å²) >= 11 is 0. The van der Waals surface area contributed by atoms with Crippen LogP contribution in [0.3, 0.4) is 0 Å². The van der Waals surface area contributed by atoms with E-state index in [1.54, 1.807) is 30.2 Å². The summed E-state index contributed by atoms with van der Waals surface area (Å²) in [6, 6.07) is 17.4. The smallest absolute Gasteiger partial charge is 0.264 e. The van der Waals surface area contributed by atoms with E-state index in [0.29, 0.717) is 29.6 Å². The third-order valence-corrected chi connectivity index (χ3v) is 10.7. The van der Waals surface area contributed by atoms with E-state index in [2.05, 4.69) is 40.4 Å². The number of carbonyl (C=O) groups excluding carboxylic acids is 1. The standard InChI is InChI=1S/C38H46N6O5S/c1-24-11-8-12-25(2)35(24)32-20-34-41-37(40-32)42-50(46,47)31-16-9-13-26(17-31)36(45)44(29(23-49-34)21-38(3,4)5)22-27-18-30(48-7)19-33(39-27)43(6)28-14-10-15-28/h8-9,11-13,16-20,28-29H,10,14-15,21-23H2,1-7H3,(H,40,41,42)/t29-/m1/s1. The first kappa shape index (κ1) is 35.1. The first-order chi connectivity index (χ1) is 23.7. The van der Waals surface area contributed by atoms with Crippen molar-refractivity contribution < 1.29 is 22.7 Å². The number of amides is 1. The predicted molar refractivity (Wildman–Crippen MR) is 194 cm³/mol. The molecule has 4 bridgehead atoms. The largest absolute Gasteiger partial charge is 0.497 e. The van der Waals surface area contributed by atoms with Gasteiger partial charge in [-0.3, -0.25) is 4.79 Å². The van der Waals surface area contributed by atoms with Crippen molar-refractivity contribution in [1.29, 1.82) is 0 Å². The minimum Gasteiger partial charge on any atom is -0.497 e. The van der Waals surface area contributed by atoms with Crippen LogP contribution in [-0.4, -0.2) is 67.0 Å². The van der Waals surface area contributed by atoms with E-state index in [0.717, 1.165) is 35.3 Å². The fraction of sp³-hybridized carbons (Fsp3) is 0.421. The van der Waals surface area contributed by atoms with E-state index < -0.39 is 16.1 Å². The molecular formula is C38H46N6O5S. The van der Waals surface area contributed by atoms with Crippen LogP contribution in [0.25, 0.3) is 11.3 Å². The van der Waals surface area contributed by atoms with E-state index in [1.165, 1.54) is 18.6 Å². The molecule has 50 heavy (non-hydrogen) atoms. The van der Waals surface area contributed by atoms with Crippen LogP contribution < -0.4 is 19.1 Å². The van der Waals surface area contributed by atoms with Crippen LogP contribution in [0.2, 0.25) is 0 Å². The second-order valence-electron chi connectivity index (χ2n) is 14.5. The van der Waals surface area contributed by atoms with Gasteiger partial charge in [-0.05, 0) is 74.3 Å². The number of hydrogen-bond acceptors (Lipinski definition) is 9. The van der Waals surface area contributed by atoms with Gasteiger partial charge in [0.2, 0.25) is 11.8 Å². The zero-order valence-corrected chi connectivity index (χ0v) is 30.7. The van der Waals surface area contributed by atoms with E-state index in [1.807, 2.05) is 51.2 Å². The summed E-state index contributed by atoms with van der Waals surface area (Å²) in [7, 11) is -0.524. The summed E-state index contributed by atoms with van der Waals surface area (Å²) in [4.78, 5) is 32.6. The van der Waals surface area contributed by atoms with Crippen molar-refractivity contribution in [3.05, 3.63) is 83.0 Å². The highest BCUT2D eigenvalue weighted by atomic mass is 32.2. The Hall–Kier alpha value is -4.71. The number of aryl methyl sites for hydroxylation is 2. The number of anilines is 2. The summed E-state index contributed by atoms with van der Waals surface area (Å²) in [5, 5.41) is 0. The minimum atomic E-state index is -4.19. The van der Waals surface area contributed by atoms with E-state index in [-0.39, 0.29) is 46.8 Å². The fourth-order valence-corrected chi connectivity index (χ4v) is 7.60. The molecule has 1 amide bonds. The number of rotatable bonds is 7. The summed E-state index contributed by atoms with van der Waals surface area (Å²) in [6.45, 7) is 10.5. The molecule has 2 aliphatic rings. The number of fused-ring (bicyclic) bond motifs is 4. The Morgan fingerprint density at radius 3 is 2.38 bits per heavy atom. The van der Waals surface area contributed by atoms with Gasteiger partial charge in [-0.15, -0.1) is 0 Å². The average Bonchev–Trinajstić information content (AvgIpc) is 3.03. The van der Waals surface area contributed by atoms with Crippen molar-refractivity contribution in [3.63, 3.8) is 0 Å². The maximum atomic E-state index is 14.6. The first-order valence-corrected chi connectivity index (χ1v) is 18.5. The lowest BCUT2D eigenvalue weighted by atomic mass is 9.87. The van der Waals surface area contributed by atoms with Crippen molar-refractivity contribution in [1.82, 2.24) is 19.9 Å². The van der Waals surface area contributed by atoms with Gasteiger partial charge in [-0.1, -0.05) is 45.0 Å². The Balaban J connectivity index is 1.48. The molecule has 1 N–H and O–H groups in total. The molecule has 0 unspecified atom stereocenters. The Kier molecular flexibility index (Phi) is 9.76. The van der Waals surface area contributed by atoms with E-state index in [4.69, 9.17) is 14.5 Å². The molecule has 1 fully saturated rings. The molecule has 4 aromatic rings. The van der Waals surface area contributed by atoms with Crippen LogP contribution in [0.5, 0.6) is 11.6 Å². The van der Waals surface area contributed by atoms with Gasteiger partial charge in [0.25, 0.3) is 15.9 Å². The van der Waals surface area contributed by atoms with Crippen molar-refractivity contribution in [2.24, 2.45) is 5.41 Å². The van der Waals surface area contributed by atoms with E-state index >= 15 is 0 Å². The van der Waals surface area contributed by atoms with Crippen LogP contribution in [0.4, 0.5) is 11.8 Å². The number of benzene rings is 2. The van der Waals surface area contributed by atoms with E-state index in [9.17, 15) is 13.2 Å². The minimum absolute atomic E-state index is 0.0811. The summed E-state index contributed by atoms with van der Waals surface area (Å²) < 4.78 is 42.2.